The Bertz CT molecular complexity index is 402. The van der Waals surface area contributed by atoms with E-state index >= 15 is 0 Å². The highest BCUT2D eigenvalue weighted by molar-refractivity contribution is 5.89. The largest absolute Gasteiger partial charge is 0.399 e. The Morgan fingerprint density at radius 3 is 2.78 bits per heavy atom. The Hall–Kier alpha value is -1.71. The van der Waals surface area contributed by atoms with Crippen LogP contribution in [0.3, 0.4) is 0 Å². The minimum atomic E-state index is 0.00585. The van der Waals surface area contributed by atoms with E-state index in [9.17, 15) is 4.79 Å². The lowest BCUT2D eigenvalue weighted by molar-refractivity contribution is 0.160. The van der Waals surface area contributed by atoms with Gasteiger partial charge in [0, 0.05) is 24.0 Å². The first kappa shape index (κ1) is 12.7. The van der Waals surface area contributed by atoms with E-state index in [0.717, 1.165) is 31.5 Å². The Morgan fingerprint density at radius 1 is 1.39 bits per heavy atom. The monoisotopic (exact) mass is 247 g/mol. The number of nitrogen functional groups attached to an aromatic ring is 1. The highest BCUT2D eigenvalue weighted by atomic mass is 16.2. The van der Waals surface area contributed by atoms with E-state index in [0.29, 0.717) is 11.7 Å². The fourth-order valence-electron chi connectivity index (χ4n) is 2.45. The van der Waals surface area contributed by atoms with Crippen molar-refractivity contribution in [2.24, 2.45) is 0 Å². The summed E-state index contributed by atoms with van der Waals surface area (Å²) in [5.41, 5.74) is 7.13. The zero-order chi connectivity index (χ0) is 13.0. The Kier molecular flexibility index (Phi) is 4.07. The van der Waals surface area contributed by atoms with Gasteiger partial charge in [-0.3, -0.25) is 0 Å². The summed E-state index contributed by atoms with van der Waals surface area (Å²) in [5, 5.41) is 2.93. The fourth-order valence-corrected chi connectivity index (χ4v) is 2.45. The van der Waals surface area contributed by atoms with Crippen molar-refractivity contribution < 1.29 is 4.79 Å². The third-order valence-electron chi connectivity index (χ3n) is 3.52. The maximum atomic E-state index is 12.2. The minimum absolute atomic E-state index is 0.00585. The van der Waals surface area contributed by atoms with Crippen LogP contribution in [0.5, 0.6) is 0 Å². The van der Waals surface area contributed by atoms with E-state index in [4.69, 9.17) is 5.73 Å². The summed E-state index contributed by atoms with van der Waals surface area (Å²) >= 11 is 0. The van der Waals surface area contributed by atoms with Gasteiger partial charge >= 0.3 is 6.03 Å². The molecule has 2 rings (SSSR count). The molecule has 1 aromatic rings. The Morgan fingerprint density at radius 2 is 2.11 bits per heavy atom. The molecule has 1 aliphatic heterocycles. The number of carbonyl (C=O) groups is 1. The van der Waals surface area contributed by atoms with E-state index < -0.39 is 0 Å². The topological polar surface area (TPSA) is 58.4 Å². The second kappa shape index (κ2) is 5.76. The van der Waals surface area contributed by atoms with E-state index in [1.165, 1.54) is 6.42 Å². The first-order valence-electron chi connectivity index (χ1n) is 6.64. The lowest BCUT2D eigenvalue weighted by Gasteiger charge is -2.35. The van der Waals surface area contributed by atoms with Gasteiger partial charge in [0.25, 0.3) is 0 Å². The van der Waals surface area contributed by atoms with Crippen LogP contribution in [0.25, 0.3) is 0 Å². The molecule has 0 aliphatic carbocycles. The molecule has 3 N–H and O–H groups in total. The van der Waals surface area contributed by atoms with Crippen molar-refractivity contribution in [3.63, 3.8) is 0 Å². The molecule has 0 bridgehead atoms. The predicted molar refractivity (Wildman–Crippen MR) is 74.5 cm³/mol. The van der Waals surface area contributed by atoms with Crippen LogP contribution < -0.4 is 11.1 Å². The summed E-state index contributed by atoms with van der Waals surface area (Å²) in [7, 11) is 0. The molecule has 0 aromatic heterocycles. The van der Waals surface area contributed by atoms with Gasteiger partial charge in [-0.05, 0) is 49.9 Å². The number of rotatable bonds is 2. The van der Waals surface area contributed by atoms with Crippen LogP contribution in [0.2, 0.25) is 0 Å². The smallest absolute Gasteiger partial charge is 0.322 e. The van der Waals surface area contributed by atoms with Crippen LogP contribution >= 0.6 is 0 Å². The lowest BCUT2D eigenvalue weighted by Crippen LogP contribution is -2.45. The number of nitrogens with two attached hydrogens (primary N) is 1. The summed E-state index contributed by atoms with van der Waals surface area (Å²) in [4.78, 5) is 14.2. The molecule has 1 heterocycles. The molecule has 0 saturated carbocycles. The lowest BCUT2D eigenvalue weighted by atomic mass is 10.0. The summed E-state index contributed by atoms with van der Waals surface area (Å²) in [6.45, 7) is 3.00. The number of hydrogen-bond donors (Lipinski definition) is 2. The summed E-state index contributed by atoms with van der Waals surface area (Å²) < 4.78 is 0. The molecule has 0 radical (unpaired) electrons. The molecule has 98 valence electrons. The molecule has 2 amide bonds. The molecule has 1 unspecified atom stereocenters. The molecular formula is C14H21N3O. The van der Waals surface area contributed by atoms with Gasteiger partial charge in [0.1, 0.15) is 0 Å². The van der Waals surface area contributed by atoms with Gasteiger partial charge in [-0.2, -0.15) is 0 Å². The molecule has 18 heavy (non-hydrogen) atoms. The Balaban J connectivity index is 2.00. The molecular weight excluding hydrogens is 226 g/mol. The van der Waals surface area contributed by atoms with Crippen molar-refractivity contribution in [1.29, 1.82) is 0 Å². The van der Waals surface area contributed by atoms with Gasteiger partial charge in [0.15, 0.2) is 0 Å². The van der Waals surface area contributed by atoms with Crippen molar-refractivity contribution in [2.75, 3.05) is 17.6 Å². The summed E-state index contributed by atoms with van der Waals surface area (Å²) in [5.74, 6) is 0. The number of hydrogen-bond acceptors (Lipinski definition) is 2. The van der Waals surface area contributed by atoms with Gasteiger partial charge in [-0.15, -0.1) is 0 Å². The molecule has 1 atom stereocenters. The highest BCUT2D eigenvalue weighted by Gasteiger charge is 2.25. The van der Waals surface area contributed by atoms with Gasteiger partial charge in [0.05, 0.1) is 0 Å². The summed E-state index contributed by atoms with van der Waals surface area (Å²) in [6.07, 6.45) is 4.47. The van der Waals surface area contributed by atoms with Crippen molar-refractivity contribution in [3.05, 3.63) is 24.3 Å². The average Bonchev–Trinajstić information content (AvgIpc) is 2.41. The molecule has 1 aliphatic rings. The van der Waals surface area contributed by atoms with Crippen molar-refractivity contribution in [3.8, 4) is 0 Å². The number of anilines is 2. The predicted octanol–water partition coefficient (Wildman–Crippen LogP) is 3.07. The fraction of sp³-hybridized carbons (Fsp3) is 0.500. The van der Waals surface area contributed by atoms with Crippen LogP contribution in [0.15, 0.2) is 24.3 Å². The van der Waals surface area contributed by atoms with Gasteiger partial charge in [-0.25, -0.2) is 4.79 Å². The molecule has 4 heteroatoms. The molecule has 1 fully saturated rings. The van der Waals surface area contributed by atoms with Gasteiger partial charge < -0.3 is 16.0 Å². The second-order valence-electron chi connectivity index (χ2n) is 4.80. The van der Waals surface area contributed by atoms with Crippen LogP contribution in [-0.2, 0) is 0 Å². The van der Waals surface area contributed by atoms with Crippen molar-refractivity contribution in [1.82, 2.24) is 4.90 Å². The molecule has 1 saturated heterocycles. The van der Waals surface area contributed by atoms with Crippen LogP contribution in [0, 0.1) is 0 Å². The van der Waals surface area contributed by atoms with Crippen molar-refractivity contribution in [2.45, 2.75) is 38.6 Å². The van der Waals surface area contributed by atoms with Crippen LogP contribution in [0.4, 0.5) is 16.2 Å². The van der Waals surface area contributed by atoms with Crippen LogP contribution in [-0.4, -0.2) is 23.5 Å². The molecule has 1 aromatic carbocycles. The van der Waals surface area contributed by atoms with Crippen LogP contribution in [0.1, 0.15) is 32.6 Å². The minimum Gasteiger partial charge on any atom is -0.399 e. The number of urea groups is 1. The summed E-state index contributed by atoms with van der Waals surface area (Å²) in [6, 6.07) is 7.64. The maximum Gasteiger partial charge on any atom is 0.322 e. The van der Waals surface area contributed by atoms with E-state index in [1.54, 1.807) is 12.1 Å². The maximum absolute atomic E-state index is 12.2. The third-order valence-corrected chi connectivity index (χ3v) is 3.52. The van der Waals surface area contributed by atoms with Crippen molar-refractivity contribution >= 4 is 17.4 Å². The number of likely N-dealkylation sites (tertiary alicyclic amines) is 1. The number of benzene rings is 1. The second-order valence-corrected chi connectivity index (χ2v) is 4.80. The standard InChI is InChI=1S/C14H21N3O/c1-2-13-5-3-4-10-17(13)14(18)16-12-8-6-11(15)7-9-12/h6-9,13H,2-5,10,15H2,1H3,(H,16,18). The van der Waals surface area contributed by atoms with E-state index in [-0.39, 0.29) is 6.03 Å². The van der Waals surface area contributed by atoms with Gasteiger partial charge in [-0.1, -0.05) is 6.92 Å². The number of piperidine rings is 1. The zero-order valence-electron chi connectivity index (χ0n) is 10.9. The Labute approximate surface area is 108 Å². The number of amides is 2. The number of nitrogens with zero attached hydrogens (tertiary/aromatic N) is 1. The van der Waals surface area contributed by atoms with E-state index in [1.807, 2.05) is 17.0 Å². The first-order chi connectivity index (χ1) is 8.70. The molecule has 4 nitrogen and oxygen atoms in total. The number of carbonyl (C=O) groups excluding carboxylic acids is 1. The third kappa shape index (κ3) is 2.94. The zero-order valence-corrected chi connectivity index (χ0v) is 10.9. The SMILES string of the molecule is CCC1CCCCN1C(=O)Nc1ccc(N)cc1. The first-order valence-corrected chi connectivity index (χ1v) is 6.64. The van der Waals surface area contributed by atoms with E-state index in [2.05, 4.69) is 12.2 Å². The van der Waals surface area contributed by atoms with Gasteiger partial charge in [0.2, 0.25) is 0 Å². The average molecular weight is 247 g/mol. The molecule has 0 spiro atoms. The number of nitrogens with one attached hydrogen (secondary N) is 1. The highest BCUT2D eigenvalue weighted by Crippen LogP contribution is 2.21. The normalized spacial score (nSPS) is 19.6. The quantitative estimate of drug-likeness (QED) is 0.789.